The number of benzene rings is 2. The first-order chi connectivity index (χ1) is 14.2. The molecule has 30 heavy (non-hydrogen) atoms. The van der Waals surface area contributed by atoms with Crippen molar-refractivity contribution in [2.45, 2.75) is 32.9 Å². The summed E-state index contributed by atoms with van der Waals surface area (Å²) in [4.78, 5) is 13.9. The summed E-state index contributed by atoms with van der Waals surface area (Å²) in [5, 5.41) is 4.18. The normalized spacial score (nSPS) is 15.6. The Balaban J connectivity index is 1.46. The number of hydrogen-bond donors (Lipinski definition) is 1. The number of aryl methyl sites for hydroxylation is 1. The molecule has 0 amide bonds. The van der Waals surface area contributed by atoms with Crippen molar-refractivity contribution in [3.05, 3.63) is 64.0 Å². The first-order valence-electron chi connectivity index (χ1n) is 9.95. The topological polar surface area (TPSA) is 45.5 Å². The van der Waals surface area contributed by atoms with E-state index in [1.165, 1.54) is 0 Å². The van der Waals surface area contributed by atoms with Gasteiger partial charge in [-0.25, -0.2) is 4.79 Å². The summed E-state index contributed by atoms with van der Waals surface area (Å²) in [6.45, 7) is 4.46. The standard InChI is InChI=1S/C23H23F3N2O2/c1-14-15(2)22(29)30-21-13-18(5-8-20(14)21)27-17-3-6-19(7-4-17)28-11-9-16(10-12-28)23(24,25)26/h3-8,13,16,27H,9-12H2,1-2H3. The monoisotopic (exact) mass is 416 g/mol. The molecule has 0 saturated carbocycles. The Morgan fingerprint density at radius 3 is 2.23 bits per heavy atom. The lowest BCUT2D eigenvalue weighted by Gasteiger charge is -2.34. The number of piperidine rings is 1. The quantitative estimate of drug-likeness (QED) is 0.538. The van der Waals surface area contributed by atoms with E-state index in [0.717, 1.165) is 28.0 Å². The zero-order chi connectivity index (χ0) is 21.5. The van der Waals surface area contributed by atoms with Crippen LogP contribution in [0.4, 0.5) is 30.2 Å². The van der Waals surface area contributed by atoms with Gasteiger partial charge in [-0.05, 0) is 68.7 Å². The summed E-state index contributed by atoms with van der Waals surface area (Å²) in [7, 11) is 0. The lowest BCUT2D eigenvalue weighted by Crippen LogP contribution is -2.38. The Bertz CT molecular complexity index is 1110. The third-order valence-corrected chi connectivity index (χ3v) is 5.94. The van der Waals surface area contributed by atoms with Crippen LogP contribution < -0.4 is 15.8 Å². The van der Waals surface area contributed by atoms with Crippen molar-refractivity contribution in [1.82, 2.24) is 0 Å². The van der Waals surface area contributed by atoms with E-state index in [9.17, 15) is 18.0 Å². The fraction of sp³-hybridized carbons (Fsp3) is 0.348. The average Bonchev–Trinajstić information content (AvgIpc) is 2.72. The highest BCUT2D eigenvalue weighted by atomic mass is 19.4. The van der Waals surface area contributed by atoms with Crippen LogP contribution in [0.2, 0.25) is 0 Å². The summed E-state index contributed by atoms with van der Waals surface area (Å²) in [5.74, 6) is -1.20. The molecule has 1 fully saturated rings. The maximum absolute atomic E-state index is 12.8. The first kappa shape index (κ1) is 20.3. The summed E-state index contributed by atoms with van der Waals surface area (Å²) in [5.41, 5.74) is 4.25. The number of nitrogens with zero attached hydrogens (tertiary/aromatic N) is 1. The third-order valence-electron chi connectivity index (χ3n) is 5.94. The van der Waals surface area contributed by atoms with E-state index in [0.29, 0.717) is 24.2 Å². The minimum Gasteiger partial charge on any atom is -0.422 e. The molecular formula is C23H23F3N2O2. The number of rotatable bonds is 3. The molecule has 0 radical (unpaired) electrons. The third kappa shape index (κ3) is 4.01. The number of fused-ring (bicyclic) bond motifs is 1. The van der Waals surface area contributed by atoms with E-state index >= 15 is 0 Å². The summed E-state index contributed by atoms with van der Waals surface area (Å²) in [6.07, 6.45) is -3.84. The fourth-order valence-corrected chi connectivity index (χ4v) is 3.91. The predicted octanol–water partition coefficient (Wildman–Crippen LogP) is 5.93. The van der Waals surface area contributed by atoms with E-state index in [-0.39, 0.29) is 18.5 Å². The van der Waals surface area contributed by atoms with Gasteiger partial charge in [-0.2, -0.15) is 13.2 Å². The molecule has 0 atom stereocenters. The van der Waals surface area contributed by atoms with Crippen LogP contribution in [0.1, 0.15) is 24.0 Å². The molecule has 0 aliphatic carbocycles. The Morgan fingerprint density at radius 1 is 0.967 bits per heavy atom. The van der Waals surface area contributed by atoms with Crippen molar-refractivity contribution in [1.29, 1.82) is 0 Å². The maximum Gasteiger partial charge on any atom is 0.391 e. The summed E-state index contributed by atoms with van der Waals surface area (Å²) in [6, 6.07) is 13.2. The second kappa shape index (κ2) is 7.70. The zero-order valence-corrected chi connectivity index (χ0v) is 16.8. The van der Waals surface area contributed by atoms with Crippen LogP contribution in [0.5, 0.6) is 0 Å². The number of nitrogens with one attached hydrogen (secondary N) is 1. The van der Waals surface area contributed by atoms with Gasteiger partial charge < -0.3 is 14.6 Å². The molecule has 1 aromatic heterocycles. The van der Waals surface area contributed by atoms with Gasteiger partial charge in [0.2, 0.25) is 0 Å². The van der Waals surface area contributed by atoms with Crippen LogP contribution in [0.25, 0.3) is 11.0 Å². The summed E-state index contributed by atoms with van der Waals surface area (Å²) >= 11 is 0. The van der Waals surface area contributed by atoms with Crippen molar-refractivity contribution in [3.63, 3.8) is 0 Å². The molecule has 1 N–H and O–H groups in total. The van der Waals surface area contributed by atoms with Crippen molar-refractivity contribution in [2.24, 2.45) is 5.92 Å². The molecule has 1 aliphatic rings. The van der Waals surface area contributed by atoms with E-state index in [2.05, 4.69) is 5.32 Å². The van der Waals surface area contributed by atoms with Crippen LogP contribution in [-0.2, 0) is 0 Å². The van der Waals surface area contributed by atoms with Crippen molar-refractivity contribution in [2.75, 3.05) is 23.3 Å². The average molecular weight is 416 g/mol. The molecule has 4 nitrogen and oxygen atoms in total. The molecule has 1 aliphatic heterocycles. The van der Waals surface area contributed by atoms with E-state index in [1.54, 1.807) is 13.0 Å². The summed E-state index contributed by atoms with van der Waals surface area (Å²) < 4.78 is 43.9. The van der Waals surface area contributed by atoms with Gasteiger partial charge in [-0.15, -0.1) is 0 Å². The second-order valence-corrected chi connectivity index (χ2v) is 7.83. The molecule has 0 spiro atoms. The lowest BCUT2D eigenvalue weighted by atomic mass is 9.96. The number of alkyl halides is 3. The van der Waals surface area contributed by atoms with Gasteiger partial charge in [-0.1, -0.05) is 0 Å². The van der Waals surface area contributed by atoms with Crippen LogP contribution in [0.15, 0.2) is 51.7 Å². The number of anilines is 3. The SMILES string of the molecule is Cc1c(C)c2ccc(Nc3ccc(N4CCC(C(F)(F)F)CC4)cc3)cc2oc1=O. The molecular weight excluding hydrogens is 393 g/mol. The first-order valence-corrected chi connectivity index (χ1v) is 9.95. The zero-order valence-electron chi connectivity index (χ0n) is 16.8. The predicted molar refractivity (Wildman–Crippen MR) is 113 cm³/mol. The second-order valence-electron chi connectivity index (χ2n) is 7.83. The van der Waals surface area contributed by atoms with Crippen LogP contribution in [-0.4, -0.2) is 19.3 Å². The van der Waals surface area contributed by atoms with E-state index in [4.69, 9.17) is 4.42 Å². The number of hydrogen-bond acceptors (Lipinski definition) is 4. The smallest absolute Gasteiger partial charge is 0.391 e. The number of halogens is 3. The largest absolute Gasteiger partial charge is 0.422 e. The van der Waals surface area contributed by atoms with E-state index < -0.39 is 12.1 Å². The van der Waals surface area contributed by atoms with Gasteiger partial charge in [0.1, 0.15) is 5.58 Å². The highest BCUT2D eigenvalue weighted by Crippen LogP contribution is 2.35. The Labute approximate surface area is 172 Å². The molecule has 4 rings (SSSR count). The fourth-order valence-electron chi connectivity index (χ4n) is 3.91. The van der Waals surface area contributed by atoms with Gasteiger partial charge in [0.25, 0.3) is 0 Å². The van der Waals surface area contributed by atoms with Gasteiger partial charge >= 0.3 is 11.8 Å². The van der Waals surface area contributed by atoms with Crippen molar-refractivity contribution < 1.29 is 17.6 Å². The van der Waals surface area contributed by atoms with Gasteiger partial charge in [-0.3, -0.25) is 0 Å². The molecule has 0 bridgehead atoms. The minimum atomic E-state index is -4.10. The lowest BCUT2D eigenvalue weighted by molar-refractivity contribution is -0.179. The molecule has 2 aromatic carbocycles. The molecule has 2 heterocycles. The van der Waals surface area contributed by atoms with Crippen LogP contribution >= 0.6 is 0 Å². The van der Waals surface area contributed by atoms with Gasteiger partial charge in [0, 0.05) is 47.2 Å². The van der Waals surface area contributed by atoms with Gasteiger partial charge in [0.05, 0.1) is 5.92 Å². The Hall–Kier alpha value is -2.96. The minimum absolute atomic E-state index is 0.130. The molecule has 1 saturated heterocycles. The van der Waals surface area contributed by atoms with Gasteiger partial charge in [0.15, 0.2) is 0 Å². The Kier molecular flexibility index (Phi) is 5.22. The molecule has 3 aromatic rings. The van der Waals surface area contributed by atoms with Crippen LogP contribution in [0, 0.1) is 19.8 Å². The van der Waals surface area contributed by atoms with E-state index in [1.807, 2.05) is 48.2 Å². The molecule has 158 valence electrons. The highest BCUT2D eigenvalue weighted by Gasteiger charge is 2.41. The van der Waals surface area contributed by atoms with Crippen LogP contribution in [0.3, 0.4) is 0 Å². The Morgan fingerprint density at radius 2 is 1.60 bits per heavy atom. The highest BCUT2D eigenvalue weighted by molar-refractivity contribution is 5.85. The maximum atomic E-state index is 12.8. The molecule has 7 heteroatoms. The molecule has 0 unspecified atom stereocenters. The van der Waals surface area contributed by atoms with Crippen molar-refractivity contribution in [3.8, 4) is 0 Å². The van der Waals surface area contributed by atoms with Crippen molar-refractivity contribution >= 4 is 28.0 Å².